The average molecular weight is 285 g/mol. The summed E-state index contributed by atoms with van der Waals surface area (Å²) in [4.78, 5) is 13.8. The lowest BCUT2D eigenvalue weighted by molar-refractivity contribution is -0.132. The third-order valence-corrected chi connectivity index (χ3v) is 2.04. The van der Waals surface area contributed by atoms with Crippen LogP contribution < -0.4 is 5.32 Å². The molecular weight excluding hydrogens is 277 g/mol. The SMILES string of the molecule is O=C(NCCC(F)(F)F)c1cc(Br)c[nH]1. The number of amides is 1. The molecule has 1 aromatic rings. The molecular formula is C8H8BrF3N2O. The molecule has 0 unspecified atom stereocenters. The van der Waals surface area contributed by atoms with Crippen molar-refractivity contribution in [3.05, 3.63) is 22.4 Å². The molecule has 15 heavy (non-hydrogen) atoms. The van der Waals surface area contributed by atoms with Crippen LogP contribution in [0.1, 0.15) is 16.9 Å². The van der Waals surface area contributed by atoms with Gasteiger partial charge in [0.2, 0.25) is 0 Å². The zero-order valence-electron chi connectivity index (χ0n) is 7.49. The van der Waals surface area contributed by atoms with E-state index < -0.39 is 25.0 Å². The van der Waals surface area contributed by atoms with Crippen molar-refractivity contribution in [3.63, 3.8) is 0 Å². The number of rotatable bonds is 3. The van der Waals surface area contributed by atoms with Gasteiger partial charge in [0.1, 0.15) is 5.69 Å². The van der Waals surface area contributed by atoms with Crippen LogP contribution in [0.3, 0.4) is 0 Å². The van der Waals surface area contributed by atoms with Gasteiger partial charge in [-0.15, -0.1) is 0 Å². The first-order chi connectivity index (χ1) is 6.88. The highest BCUT2D eigenvalue weighted by atomic mass is 79.9. The molecule has 1 aromatic heterocycles. The number of alkyl halides is 3. The van der Waals surface area contributed by atoms with Crippen LogP contribution in [0.2, 0.25) is 0 Å². The molecule has 0 aliphatic rings. The van der Waals surface area contributed by atoms with Gasteiger partial charge in [-0.05, 0) is 22.0 Å². The molecule has 84 valence electrons. The topological polar surface area (TPSA) is 44.9 Å². The van der Waals surface area contributed by atoms with Crippen molar-refractivity contribution in [3.8, 4) is 0 Å². The molecule has 1 amide bonds. The molecule has 7 heteroatoms. The first-order valence-electron chi connectivity index (χ1n) is 4.07. The van der Waals surface area contributed by atoms with Gasteiger partial charge in [0.05, 0.1) is 6.42 Å². The number of aromatic nitrogens is 1. The fourth-order valence-electron chi connectivity index (χ4n) is 0.912. The zero-order valence-corrected chi connectivity index (χ0v) is 9.08. The number of hydrogen-bond acceptors (Lipinski definition) is 1. The summed E-state index contributed by atoms with van der Waals surface area (Å²) in [5.74, 6) is -0.551. The Hall–Kier alpha value is -0.980. The predicted octanol–water partition coefficient (Wildman–Crippen LogP) is 2.46. The Labute approximate surface area is 92.2 Å². The Bertz CT molecular complexity index is 348. The van der Waals surface area contributed by atoms with Gasteiger partial charge in [0.15, 0.2) is 0 Å². The van der Waals surface area contributed by atoms with Crippen LogP contribution >= 0.6 is 15.9 Å². The molecule has 0 bridgehead atoms. The van der Waals surface area contributed by atoms with Crippen molar-refractivity contribution in [2.45, 2.75) is 12.6 Å². The Morgan fingerprint density at radius 3 is 2.67 bits per heavy atom. The quantitative estimate of drug-likeness (QED) is 0.880. The molecule has 3 nitrogen and oxygen atoms in total. The smallest absolute Gasteiger partial charge is 0.356 e. The van der Waals surface area contributed by atoms with E-state index in [1.807, 2.05) is 0 Å². The van der Waals surface area contributed by atoms with E-state index in [2.05, 4.69) is 26.2 Å². The van der Waals surface area contributed by atoms with Crippen molar-refractivity contribution in [1.82, 2.24) is 10.3 Å². The standard InChI is InChI=1S/C8H8BrF3N2O/c9-5-3-6(14-4-5)7(15)13-2-1-8(10,11)12/h3-4,14H,1-2H2,(H,13,15). The lowest BCUT2D eigenvalue weighted by Gasteiger charge is -2.06. The molecule has 1 heterocycles. The summed E-state index contributed by atoms with van der Waals surface area (Å²) in [5, 5.41) is 2.16. The third-order valence-electron chi connectivity index (χ3n) is 1.59. The van der Waals surface area contributed by atoms with E-state index in [1.54, 1.807) is 0 Å². The van der Waals surface area contributed by atoms with Crippen molar-refractivity contribution in [2.75, 3.05) is 6.54 Å². The summed E-state index contributed by atoms with van der Waals surface area (Å²) in [6.45, 7) is -0.418. The minimum Gasteiger partial charge on any atom is -0.356 e. The monoisotopic (exact) mass is 284 g/mol. The van der Waals surface area contributed by atoms with Crippen LogP contribution in [-0.2, 0) is 0 Å². The van der Waals surface area contributed by atoms with Crippen LogP contribution in [0.5, 0.6) is 0 Å². The van der Waals surface area contributed by atoms with Gasteiger partial charge in [-0.1, -0.05) is 0 Å². The number of hydrogen-bond donors (Lipinski definition) is 2. The molecule has 0 fully saturated rings. The van der Waals surface area contributed by atoms with Crippen LogP contribution in [0.4, 0.5) is 13.2 Å². The van der Waals surface area contributed by atoms with Crippen molar-refractivity contribution in [1.29, 1.82) is 0 Å². The summed E-state index contributed by atoms with van der Waals surface area (Å²) in [5.41, 5.74) is 0.226. The second-order valence-corrected chi connectivity index (χ2v) is 3.77. The Morgan fingerprint density at radius 1 is 1.53 bits per heavy atom. The maximum absolute atomic E-state index is 11.7. The van der Waals surface area contributed by atoms with Crippen LogP contribution in [0.25, 0.3) is 0 Å². The highest BCUT2D eigenvalue weighted by Crippen LogP contribution is 2.18. The van der Waals surface area contributed by atoms with E-state index in [9.17, 15) is 18.0 Å². The summed E-state index contributed by atoms with van der Waals surface area (Å²) >= 11 is 3.11. The molecule has 2 N–H and O–H groups in total. The van der Waals surface area contributed by atoms with Gasteiger partial charge in [0.25, 0.3) is 5.91 Å². The van der Waals surface area contributed by atoms with E-state index in [-0.39, 0.29) is 5.69 Å². The number of aromatic amines is 1. The molecule has 0 saturated carbocycles. The number of nitrogens with one attached hydrogen (secondary N) is 2. The van der Waals surface area contributed by atoms with Crippen LogP contribution in [-0.4, -0.2) is 23.6 Å². The van der Waals surface area contributed by atoms with E-state index in [0.29, 0.717) is 4.47 Å². The number of carbonyl (C=O) groups is 1. The van der Waals surface area contributed by atoms with Crippen LogP contribution in [0, 0.1) is 0 Å². The van der Waals surface area contributed by atoms with Crippen LogP contribution in [0.15, 0.2) is 16.7 Å². The van der Waals surface area contributed by atoms with Crippen molar-refractivity contribution < 1.29 is 18.0 Å². The maximum atomic E-state index is 11.7. The lowest BCUT2D eigenvalue weighted by atomic mass is 10.3. The Morgan fingerprint density at radius 2 is 2.20 bits per heavy atom. The van der Waals surface area contributed by atoms with Gasteiger partial charge in [-0.25, -0.2) is 0 Å². The third kappa shape index (κ3) is 4.37. The Balaban J connectivity index is 2.37. The largest absolute Gasteiger partial charge is 0.390 e. The number of halogens is 4. The zero-order chi connectivity index (χ0) is 11.5. The second-order valence-electron chi connectivity index (χ2n) is 2.85. The van der Waals surface area contributed by atoms with E-state index >= 15 is 0 Å². The van der Waals surface area contributed by atoms with Gasteiger partial charge in [-0.2, -0.15) is 13.2 Å². The fraction of sp³-hybridized carbons (Fsp3) is 0.375. The molecule has 0 aromatic carbocycles. The molecule has 0 saturated heterocycles. The highest BCUT2D eigenvalue weighted by molar-refractivity contribution is 9.10. The summed E-state index contributed by atoms with van der Waals surface area (Å²) in [6, 6.07) is 1.49. The fourth-order valence-corrected chi connectivity index (χ4v) is 1.26. The Kier molecular flexibility index (Phi) is 3.78. The predicted molar refractivity (Wildman–Crippen MR) is 51.5 cm³/mol. The van der Waals surface area contributed by atoms with Crippen molar-refractivity contribution in [2.24, 2.45) is 0 Å². The molecule has 1 rings (SSSR count). The minimum atomic E-state index is -4.25. The van der Waals surface area contributed by atoms with Gasteiger partial charge in [0, 0.05) is 17.2 Å². The summed E-state index contributed by atoms with van der Waals surface area (Å²) in [7, 11) is 0. The van der Waals surface area contributed by atoms with Gasteiger partial charge in [-0.3, -0.25) is 4.79 Å². The molecule has 0 radical (unpaired) electrons. The molecule has 0 aliphatic heterocycles. The minimum absolute atomic E-state index is 0.226. The number of carbonyl (C=O) groups excluding carboxylic acids is 1. The molecule has 0 spiro atoms. The lowest BCUT2D eigenvalue weighted by Crippen LogP contribution is -2.28. The normalized spacial score (nSPS) is 11.5. The highest BCUT2D eigenvalue weighted by Gasteiger charge is 2.26. The van der Waals surface area contributed by atoms with E-state index in [0.717, 1.165) is 0 Å². The second kappa shape index (κ2) is 4.69. The first kappa shape index (κ1) is 12.1. The van der Waals surface area contributed by atoms with Crippen molar-refractivity contribution >= 4 is 21.8 Å². The molecule has 0 atom stereocenters. The van der Waals surface area contributed by atoms with E-state index in [4.69, 9.17) is 0 Å². The van der Waals surface area contributed by atoms with Gasteiger partial charge >= 0.3 is 6.18 Å². The average Bonchev–Trinajstić information content (AvgIpc) is 2.49. The molecule has 0 aliphatic carbocycles. The first-order valence-corrected chi connectivity index (χ1v) is 4.86. The van der Waals surface area contributed by atoms with Gasteiger partial charge < -0.3 is 10.3 Å². The summed E-state index contributed by atoms with van der Waals surface area (Å²) in [6.07, 6.45) is -3.75. The summed E-state index contributed by atoms with van der Waals surface area (Å²) < 4.78 is 35.9. The number of H-pyrrole nitrogens is 1. The van der Waals surface area contributed by atoms with E-state index in [1.165, 1.54) is 12.3 Å². The maximum Gasteiger partial charge on any atom is 0.390 e.